The maximum atomic E-state index is 12.9. The second-order valence-electron chi connectivity index (χ2n) is 9.21. The van der Waals surface area contributed by atoms with Crippen molar-refractivity contribution in [2.75, 3.05) is 13.2 Å². The first kappa shape index (κ1) is 20.1. The van der Waals surface area contributed by atoms with Crippen LogP contribution in [0.4, 0.5) is 0 Å². The number of esters is 1. The molecule has 0 spiro atoms. The Hall–Kier alpha value is -2.18. The largest absolute Gasteiger partial charge is 0.466 e. The zero-order valence-electron chi connectivity index (χ0n) is 17.5. The van der Waals surface area contributed by atoms with Gasteiger partial charge in [-0.25, -0.2) is 5.10 Å². The Labute approximate surface area is 171 Å². The highest BCUT2D eigenvalue weighted by Crippen LogP contribution is 2.58. The molecule has 4 aliphatic carbocycles. The smallest absolute Gasteiger partial charge is 0.311 e. The van der Waals surface area contributed by atoms with Crippen molar-refractivity contribution in [2.45, 2.75) is 52.9 Å². The third-order valence-electron chi connectivity index (χ3n) is 7.53. The van der Waals surface area contributed by atoms with Crippen LogP contribution in [0, 0.1) is 49.4 Å². The standard InChI is InChI=1S/C22H31N3O4/c1-4-29-22(28)17(19-15-6-13-5-14(8-15)9-16(19)7-13)10-23-20(26)18-11(2)12(3)24-25-21(18)27/h13-17,19H,4-10H2,1-3H3,(H,23,26)(H,25,27). The number of rotatable bonds is 6. The fraction of sp³-hybridized carbons (Fsp3) is 0.727. The van der Waals surface area contributed by atoms with Crippen LogP contribution < -0.4 is 10.9 Å². The fourth-order valence-electron chi connectivity index (χ4n) is 6.44. The number of carbonyl (C=O) groups excluding carboxylic acids is 2. The van der Waals surface area contributed by atoms with Gasteiger partial charge in [0.1, 0.15) is 5.56 Å². The van der Waals surface area contributed by atoms with Crippen molar-refractivity contribution in [3.63, 3.8) is 0 Å². The Balaban J connectivity index is 1.53. The van der Waals surface area contributed by atoms with E-state index in [2.05, 4.69) is 15.5 Å². The molecule has 5 rings (SSSR count). The van der Waals surface area contributed by atoms with Gasteiger partial charge in [0.25, 0.3) is 11.5 Å². The second kappa shape index (κ2) is 7.92. The zero-order chi connectivity index (χ0) is 20.7. The summed E-state index contributed by atoms with van der Waals surface area (Å²) in [6, 6.07) is 0. The summed E-state index contributed by atoms with van der Waals surface area (Å²) in [4.78, 5) is 37.8. The molecule has 4 fully saturated rings. The molecule has 1 atom stereocenters. The summed E-state index contributed by atoms with van der Waals surface area (Å²) in [7, 11) is 0. The molecule has 4 bridgehead atoms. The van der Waals surface area contributed by atoms with Crippen molar-refractivity contribution >= 4 is 11.9 Å². The molecule has 4 aliphatic rings. The first-order chi connectivity index (χ1) is 13.9. The lowest BCUT2D eigenvalue weighted by Gasteiger charge is -2.56. The van der Waals surface area contributed by atoms with Crippen molar-refractivity contribution in [1.29, 1.82) is 0 Å². The van der Waals surface area contributed by atoms with Crippen molar-refractivity contribution in [1.82, 2.24) is 15.5 Å². The molecular formula is C22H31N3O4. The topological polar surface area (TPSA) is 101 Å². The van der Waals surface area contributed by atoms with E-state index in [4.69, 9.17) is 4.74 Å². The molecule has 0 saturated heterocycles. The number of amides is 1. The van der Waals surface area contributed by atoms with Crippen LogP contribution in [-0.4, -0.2) is 35.2 Å². The van der Waals surface area contributed by atoms with Crippen molar-refractivity contribution in [3.8, 4) is 0 Å². The fourth-order valence-corrected chi connectivity index (χ4v) is 6.44. The van der Waals surface area contributed by atoms with Gasteiger partial charge in [-0.05, 0) is 88.0 Å². The van der Waals surface area contributed by atoms with Gasteiger partial charge in [0.05, 0.1) is 18.2 Å². The second-order valence-corrected chi connectivity index (χ2v) is 9.21. The lowest BCUT2D eigenvalue weighted by atomic mass is 9.49. The summed E-state index contributed by atoms with van der Waals surface area (Å²) in [6.07, 6.45) is 6.14. The molecule has 1 aromatic rings. The highest BCUT2D eigenvalue weighted by atomic mass is 16.5. The van der Waals surface area contributed by atoms with E-state index >= 15 is 0 Å². The number of ether oxygens (including phenoxy) is 1. The van der Waals surface area contributed by atoms with Gasteiger partial charge in [0.2, 0.25) is 0 Å². The minimum atomic E-state index is -0.507. The van der Waals surface area contributed by atoms with E-state index in [-0.39, 0.29) is 29.9 Å². The van der Waals surface area contributed by atoms with Crippen molar-refractivity contribution < 1.29 is 14.3 Å². The molecule has 0 radical (unpaired) electrons. The maximum Gasteiger partial charge on any atom is 0.311 e. The average molecular weight is 402 g/mol. The number of aromatic amines is 1. The van der Waals surface area contributed by atoms with E-state index in [1.165, 1.54) is 32.1 Å². The Kier molecular flexibility index (Phi) is 5.49. The quantitative estimate of drug-likeness (QED) is 0.713. The Morgan fingerprint density at radius 3 is 2.34 bits per heavy atom. The van der Waals surface area contributed by atoms with Crippen LogP contribution in [-0.2, 0) is 9.53 Å². The van der Waals surface area contributed by atoms with Gasteiger partial charge >= 0.3 is 5.97 Å². The van der Waals surface area contributed by atoms with Gasteiger partial charge in [-0.3, -0.25) is 14.4 Å². The normalized spacial score (nSPS) is 30.8. The van der Waals surface area contributed by atoms with Crippen LogP contribution in [0.2, 0.25) is 0 Å². The first-order valence-corrected chi connectivity index (χ1v) is 10.9. The predicted octanol–water partition coefficient (Wildman–Crippen LogP) is 2.37. The Morgan fingerprint density at radius 2 is 1.76 bits per heavy atom. The summed E-state index contributed by atoms with van der Waals surface area (Å²) in [5, 5.41) is 9.14. The lowest BCUT2D eigenvalue weighted by molar-refractivity contribution is -0.157. The number of aromatic nitrogens is 2. The van der Waals surface area contributed by atoms with E-state index in [1.54, 1.807) is 13.8 Å². The van der Waals surface area contributed by atoms with Crippen LogP contribution in [0.1, 0.15) is 60.6 Å². The molecule has 7 nitrogen and oxygen atoms in total. The monoisotopic (exact) mass is 401 g/mol. The number of nitrogens with zero attached hydrogens (tertiary/aromatic N) is 1. The van der Waals surface area contributed by atoms with Gasteiger partial charge in [-0.15, -0.1) is 0 Å². The zero-order valence-corrected chi connectivity index (χ0v) is 17.5. The Morgan fingerprint density at radius 1 is 1.14 bits per heavy atom. The molecular weight excluding hydrogens is 370 g/mol. The highest BCUT2D eigenvalue weighted by molar-refractivity contribution is 5.95. The minimum Gasteiger partial charge on any atom is -0.466 e. The van der Waals surface area contributed by atoms with Gasteiger partial charge < -0.3 is 10.1 Å². The molecule has 2 N–H and O–H groups in total. The summed E-state index contributed by atoms with van der Waals surface area (Å²) in [5.74, 6) is 1.96. The van der Waals surface area contributed by atoms with E-state index in [0.717, 1.165) is 11.8 Å². The summed E-state index contributed by atoms with van der Waals surface area (Å²) < 4.78 is 5.40. The van der Waals surface area contributed by atoms with E-state index in [0.29, 0.717) is 29.7 Å². The van der Waals surface area contributed by atoms with Crippen LogP contribution in [0.15, 0.2) is 4.79 Å². The summed E-state index contributed by atoms with van der Waals surface area (Å²) in [5.41, 5.74) is 0.740. The van der Waals surface area contributed by atoms with Gasteiger partial charge in [0, 0.05) is 6.54 Å². The van der Waals surface area contributed by atoms with E-state index in [9.17, 15) is 14.4 Å². The molecule has 29 heavy (non-hydrogen) atoms. The molecule has 0 aromatic carbocycles. The number of hydrogen-bond acceptors (Lipinski definition) is 5. The van der Waals surface area contributed by atoms with Crippen molar-refractivity contribution in [2.24, 2.45) is 35.5 Å². The first-order valence-electron chi connectivity index (χ1n) is 10.9. The molecule has 1 aromatic heterocycles. The molecule has 158 valence electrons. The summed E-state index contributed by atoms with van der Waals surface area (Å²) in [6.45, 7) is 5.82. The summed E-state index contributed by atoms with van der Waals surface area (Å²) >= 11 is 0. The number of H-pyrrole nitrogens is 1. The van der Waals surface area contributed by atoms with Crippen molar-refractivity contribution in [3.05, 3.63) is 27.2 Å². The van der Waals surface area contributed by atoms with E-state index < -0.39 is 11.5 Å². The van der Waals surface area contributed by atoms with E-state index in [1.807, 2.05) is 6.92 Å². The molecule has 0 aliphatic heterocycles. The third kappa shape index (κ3) is 3.71. The molecule has 7 heteroatoms. The maximum absolute atomic E-state index is 12.9. The molecule has 1 unspecified atom stereocenters. The van der Waals surface area contributed by atoms with Crippen LogP contribution >= 0.6 is 0 Å². The Bertz CT molecular complexity index is 834. The van der Waals surface area contributed by atoms with Gasteiger partial charge in [0.15, 0.2) is 0 Å². The van der Waals surface area contributed by atoms with Gasteiger partial charge in [-0.1, -0.05) is 0 Å². The third-order valence-corrected chi connectivity index (χ3v) is 7.53. The SMILES string of the molecule is CCOC(=O)C(CNC(=O)c1c(C)c(C)n[nH]c1=O)C1C2CC3CC(C2)CC1C3. The molecule has 1 heterocycles. The molecule has 1 amide bonds. The minimum absolute atomic E-state index is 0.0743. The number of aryl methyl sites for hydroxylation is 1. The van der Waals surface area contributed by atoms with Gasteiger partial charge in [-0.2, -0.15) is 5.10 Å². The number of carbonyl (C=O) groups is 2. The van der Waals surface area contributed by atoms with Crippen LogP contribution in [0.5, 0.6) is 0 Å². The number of nitrogens with one attached hydrogen (secondary N) is 2. The van der Waals surface area contributed by atoms with Crippen LogP contribution in [0.25, 0.3) is 0 Å². The highest BCUT2D eigenvalue weighted by Gasteiger charge is 2.52. The predicted molar refractivity (Wildman–Crippen MR) is 107 cm³/mol. The van der Waals surface area contributed by atoms with Crippen LogP contribution in [0.3, 0.4) is 0 Å². The lowest BCUT2D eigenvalue weighted by Crippen LogP contribution is -2.52. The molecule has 4 saturated carbocycles. The number of hydrogen-bond donors (Lipinski definition) is 2. The average Bonchev–Trinajstić information content (AvgIpc) is 2.66.